The molecule has 3 heteroatoms. The van der Waals surface area contributed by atoms with Crippen molar-refractivity contribution in [3.8, 4) is 0 Å². The van der Waals surface area contributed by atoms with Crippen molar-refractivity contribution in [2.24, 2.45) is 0 Å². The predicted octanol–water partition coefficient (Wildman–Crippen LogP) is 1.56. The zero-order valence-electron chi connectivity index (χ0n) is 3.99. The van der Waals surface area contributed by atoms with Gasteiger partial charge in [0.15, 0.2) is 0 Å². The number of alkyl halides is 2. The van der Waals surface area contributed by atoms with Crippen LogP contribution >= 0.6 is 11.6 Å². The van der Waals surface area contributed by atoms with Crippen LogP contribution < -0.4 is 0 Å². The Hall–Kier alpha value is 0.180. The summed E-state index contributed by atoms with van der Waals surface area (Å²) in [5, 5.41) is 0. The quantitative estimate of drug-likeness (QED) is 0.410. The lowest BCUT2D eigenvalue weighted by Crippen LogP contribution is -1.91. The monoisotopic (exact) mass is 126 g/mol. The Balaban J connectivity index is 2.45. The zero-order valence-corrected chi connectivity index (χ0v) is 4.75. The normalized spacial score (nSPS) is 9.43. The molecule has 0 atom stereocenters. The first kappa shape index (κ1) is 7.18. The van der Waals surface area contributed by atoms with Gasteiger partial charge in [-0.15, -0.1) is 0 Å². The molecular weight excluding hydrogens is 118 g/mol. The van der Waals surface area contributed by atoms with Gasteiger partial charge in [-0.25, -0.2) is 0 Å². The van der Waals surface area contributed by atoms with E-state index in [0.717, 1.165) is 0 Å². The highest BCUT2D eigenvalue weighted by molar-refractivity contribution is 6.17. The average Bonchev–Trinajstić information content (AvgIpc) is 1.69. The highest BCUT2D eigenvalue weighted by Crippen LogP contribution is 1.84. The van der Waals surface area contributed by atoms with Crippen molar-refractivity contribution in [3.05, 3.63) is 0 Å². The summed E-state index contributed by atoms with van der Waals surface area (Å²) in [4.78, 5) is 0. The summed E-state index contributed by atoms with van der Waals surface area (Å²) in [6, 6.07) is 0.167. The molecule has 44 valence electrons. The first-order valence-electron chi connectivity index (χ1n) is 2.11. The number of halogens is 2. The maximum Gasteiger partial charge on any atom is 0.120 e. The summed E-state index contributed by atoms with van der Waals surface area (Å²) in [5.74, 6) is 0. The summed E-state index contributed by atoms with van der Waals surface area (Å²) in [5.41, 5.74) is 0. The van der Waals surface area contributed by atoms with E-state index in [1.54, 1.807) is 0 Å². The lowest BCUT2D eigenvalue weighted by Gasteiger charge is -1.92. The molecule has 0 saturated carbocycles. The Morgan fingerprint density at radius 2 is 2.29 bits per heavy atom. The Labute approximate surface area is 47.4 Å². The van der Waals surface area contributed by atoms with E-state index >= 15 is 0 Å². The van der Waals surface area contributed by atoms with E-state index in [-0.39, 0.29) is 12.7 Å². The first-order chi connectivity index (χ1) is 3.41. The number of rotatable bonds is 4. The maximum atomic E-state index is 11.2. The van der Waals surface area contributed by atoms with Gasteiger partial charge in [-0.1, -0.05) is 11.6 Å². The van der Waals surface area contributed by atoms with E-state index in [4.69, 9.17) is 11.6 Å². The minimum Gasteiger partial charge on any atom is -0.366 e. The molecule has 0 amide bonds. The second-order valence-corrected chi connectivity index (χ2v) is 1.28. The van der Waals surface area contributed by atoms with Crippen molar-refractivity contribution in [2.75, 3.05) is 19.3 Å². The smallest absolute Gasteiger partial charge is 0.120 e. The van der Waals surface area contributed by atoms with Gasteiger partial charge in [0.05, 0.1) is 13.3 Å². The second-order valence-electron chi connectivity index (χ2n) is 1.06. The zero-order chi connectivity index (χ0) is 5.54. The summed E-state index contributed by atoms with van der Waals surface area (Å²) in [6.45, 7) is 0.108. The van der Waals surface area contributed by atoms with Crippen molar-refractivity contribution >= 4 is 11.6 Å². The van der Waals surface area contributed by atoms with Gasteiger partial charge in [-0.05, 0) is 6.42 Å². The third kappa shape index (κ3) is 6.18. The van der Waals surface area contributed by atoms with Gasteiger partial charge in [0.2, 0.25) is 0 Å². The molecule has 0 radical (unpaired) electrons. The highest BCUT2D eigenvalue weighted by Gasteiger charge is 1.81. The molecule has 0 fully saturated rings. The van der Waals surface area contributed by atoms with Crippen LogP contribution in [0, 0.1) is 0 Å². The number of hydrogen-bond acceptors (Lipinski definition) is 1. The maximum absolute atomic E-state index is 11.2. The highest BCUT2D eigenvalue weighted by atomic mass is 35.5. The lowest BCUT2D eigenvalue weighted by atomic mass is 10.5. The van der Waals surface area contributed by atoms with Crippen LogP contribution in [0.1, 0.15) is 6.42 Å². The molecule has 0 aliphatic rings. The number of hydrogen-bond donors (Lipinski definition) is 0. The minimum absolute atomic E-state index is 0.167. The molecule has 0 aromatic heterocycles. The molecular formula is C4H8ClFO. The van der Waals surface area contributed by atoms with E-state index in [2.05, 4.69) is 4.74 Å². The van der Waals surface area contributed by atoms with Crippen LogP contribution in [0.3, 0.4) is 0 Å². The molecule has 0 spiro atoms. The molecule has 0 aliphatic heterocycles. The summed E-state index contributed by atoms with van der Waals surface area (Å²) >= 11 is 5.09. The van der Waals surface area contributed by atoms with Crippen molar-refractivity contribution in [1.82, 2.24) is 0 Å². The molecule has 0 unspecified atom stereocenters. The minimum atomic E-state index is -0.323. The van der Waals surface area contributed by atoms with Gasteiger partial charge < -0.3 is 4.74 Å². The fourth-order valence-electron chi connectivity index (χ4n) is 0.211. The van der Waals surface area contributed by atoms with Gasteiger partial charge in [-0.2, -0.15) is 0 Å². The third-order valence-corrected chi connectivity index (χ3v) is 0.654. The standard InChI is InChI=1S/C4H8ClFO/c5-4-7-3-1-2-6/h1-4H2. The van der Waals surface area contributed by atoms with Crippen molar-refractivity contribution in [1.29, 1.82) is 0 Å². The SMILES string of the molecule is FCCCOCCl. The fourth-order valence-corrected chi connectivity index (χ4v) is 0.320. The van der Waals surface area contributed by atoms with Crippen LogP contribution in [0.25, 0.3) is 0 Å². The molecule has 0 N–H and O–H groups in total. The van der Waals surface area contributed by atoms with Gasteiger partial charge >= 0.3 is 0 Å². The Kier molecular flexibility index (Phi) is 6.34. The van der Waals surface area contributed by atoms with Crippen LogP contribution in [0.2, 0.25) is 0 Å². The third-order valence-electron chi connectivity index (χ3n) is 0.499. The summed E-state index contributed by atoms with van der Waals surface area (Å²) < 4.78 is 15.8. The van der Waals surface area contributed by atoms with Crippen LogP contribution in [-0.4, -0.2) is 19.3 Å². The molecule has 0 aromatic carbocycles. The molecule has 0 aromatic rings. The topological polar surface area (TPSA) is 9.23 Å². The Bertz CT molecular complexity index is 30.9. The van der Waals surface area contributed by atoms with Gasteiger partial charge in [-0.3, -0.25) is 4.39 Å². The summed E-state index contributed by atoms with van der Waals surface area (Å²) in [7, 11) is 0. The van der Waals surface area contributed by atoms with Crippen molar-refractivity contribution < 1.29 is 9.13 Å². The van der Waals surface area contributed by atoms with Gasteiger partial charge in [0.25, 0.3) is 0 Å². The molecule has 1 nitrogen and oxygen atoms in total. The average molecular weight is 127 g/mol. The van der Waals surface area contributed by atoms with Crippen molar-refractivity contribution in [2.45, 2.75) is 6.42 Å². The molecule has 7 heavy (non-hydrogen) atoms. The molecule has 0 aliphatic carbocycles. The molecule has 0 bridgehead atoms. The predicted molar refractivity (Wildman–Crippen MR) is 27.3 cm³/mol. The van der Waals surface area contributed by atoms with E-state index in [1.165, 1.54) is 0 Å². The van der Waals surface area contributed by atoms with Crippen LogP contribution in [0.5, 0.6) is 0 Å². The molecule has 0 heterocycles. The van der Waals surface area contributed by atoms with E-state index in [1.807, 2.05) is 0 Å². The van der Waals surface area contributed by atoms with Crippen LogP contribution in [0.15, 0.2) is 0 Å². The number of ether oxygens (including phenoxy) is 1. The fraction of sp³-hybridized carbons (Fsp3) is 1.00. The van der Waals surface area contributed by atoms with Crippen LogP contribution in [0.4, 0.5) is 4.39 Å². The van der Waals surface area contributed by atoms with E-state index in [9.17, 15) is 4.39 Å². The van der Waals surface area contributed by atoms with E-state index < -0.39 is 0 Å². The van der Waals surface area contributed by atoms with Crippen LogP contribution in [-0.2, 0) is 4.74 Å². The first-order valence-corrected chi connectivity index (χ1v) is 2.65. The molecule has 0 saturated heterocycles. The Morgan fingerprint density at radius 1 is 1.57 bits per heavy atom. The largest absolute Gasteiger partial charge is 0.366 e. The van der Waals surface area contributed by atoms with E-state index in [0.29, 0.717) is 13.0 Å². The van der Waals surface area contributed by atoms with Gasteiger partial charge in [0.1, 0.15) is 6.07 Å². The Morgan fingerprint density at radius 3 is 2.71 bits per heavy atom. The lowest BCUT2D eigenvalue weighted by molar-refractivity contribution is 0.168. The van der Waals surface area contributed by atoms with Gasteiger partial charge in [0, 0.05) is 0 Å². The molecule has 0 rings (SSSR count). The summed E-state index contributed by atoms with van der Waals surface area (Å²) in [6.07, 6.45) is 0.451. The second kappa shape index (κ2) is 6.18. The van der Waals surface area contributed by atoms with Crippen molar-refractivity contribution in [3.63, 3.8) is 0 Å².